The zero-order chi connectivity index (χ0) is 41.3. The maximum atomic E-state index is 12.2. The summed E-state index contributed by atoms with van der Waals surface area (Å²) in [5.74, 6) is 1.02. The van der Waals surface area contributed by atoms with Gasteiger partial charge in [-0.25, -0.2) is 9.59 Å². The number of rotatable bonds is 30. The fraction of sp³-hybridized carbons (Fsp3) is 0.714. The van der Waals surface area contributed by atoms with Crippen LogP contribution in [0.5, 0.6) is 11.5 Å². The zero-order valence-corrected chi connectivity index (χ0v) is 33.3. The highest BCUT2D eigenvalue weighted by molar-refractivity contribution is 8.00. The lowest BCUT2D eigenvalue weighted by Crippen LogP contribution is -2.36. The van der Waals surface area contributed by atoms with E-state index in [2.05, 4.69) is 36.6 Å². The van der Waals surface area contributed by atoms with Gasteiger partial charge in [-0.05, 0) is 44.2 Å². The molecule has 4 atom stereocenters. The molecule has 0 spiro atoms. The van der Waals surface area contributed by atoms with Crippen molar-refractivity contribution in [3.8, 4) is 11.5 Å². The van der Waals surface area contributed by atoms with E-state index in [1.807, 2.05) is 11.8 Å². The molecule has 0 saturated carbocycles. The SMILES string of the molecule is COc1cc(C(C)OC(=O)NCCCN=[N+]=[N-])c([N+](=O)[O-])cc1OCCCC(=O)NCCOCCOCCOCCNC(=O)CCCC[C@@H]1SC[C@@H]2NC(=O)N[C@@H]21. The minimum absolute atomic E-state index is 0.000950. The molecule has 2 heterocycles. The van der Waals surface area contributed by atoms with Crippen molar-refractivity contribution in [1.82, 2.24) is 26.6 Å². The van der Waals surface area contributed by atoms with Gasteiger partial charge in [-0.2, -0.15) is 11.8 Å². The van der Waals surface area contributed by atoms with E-state index in [1.165, 1.54) is 26.2 Å². The maximum absolute atomic E-state index is 12.2. The van der Waals surface area contributed by atoms with E-state index in [0.29, 0.717) is 77.2 Å². The summed E-state index contributed by atoms with van der Waals surface area (Å²) in [7, 11) is 1.37. The number of hydrogen-bond donors (Lipinski definition) is 5. The van der Waals surface area contributed by atoms with E-state index in [-0.39, 0.29) is 78.8 Å². The molecule has 0 aromatic heterocycles. The number of carbonyl (C=O) groups is 4. The lowest BCUT2D eigenvalue weighted by atomic mass is 10.0. The number of urea groups is 1. The second-order valence-corrected chi connectivity index (χ2v) is 14.2. The average Bonchev–Trinajstić information content (AvgIpc) is 3.75. The lowest BCUT2D eigenvalue weighted by Gasteiger charge is -2.17. The summed E-state index contributed by atoms with van der Waals surface area (Å²) >= 11 is 1.88. The molecule has 2 fully saturated rings. The van der Waals surface area contributed by atoms with Crippen LogP contribution in [0.3, 0.4) is 0 Å². The molecule has 2 aliphatic heterocycles. The van der Waals surface area contributed by atoms with Gasteiger partial charge < -0.3 is 55.0 Å². The minimum atomic E-state index is -0.996. The summed E-state index contributed by atoms with van der Waals surface area (Å²) < 4.78 is 32.8. The molecule has 1 aromatic carbocycles. The first-order chi connectivity index (χ1) is 27.6. The number of thioether (sulfide) groups is 1. The van der Waals surface area contributed by atoms with Crippen LogP contribution in [0.4, 0.5) is 15.3 Å². The first-order valence-electron chi connectivity index (χ1n) is 19.0. The second kappa shape index (κ2) is 27.0. The number of azide groups is 1. The van der Waals surface area contributed by atoms with Crippen molar-refractivity contribution in [3.63, 3.8) is 0 Å². The van der Waals surface area contributed by atoms with Crippen LogP contribution in [0, 0.1) is 10.1 Å². The minimum Gasteiger partial charge on any atom is -0.493 e. The lowest BCUT2D eigenvalue weighted by molar-refractivity contribution is -0.386. The number of benzene rings is 1. The summed E-state index contributed by atoms with van der Waals surface area (Å²) in [6.45, 7) is 4.85. The smallest absolute Gasteiger partial charge is 0.407 e. The van der Waals surface area contributed by atoms with Crippen molar-refractivity contribution < 1.29 is 52.5 Å². The van der Waals surface area contributed by atoms with Crippen molar-refractivity contribution in [2.75, 3.05) is 85.3 Å². The van der Waals surface area contributed by atoms with Crippen molar-refractivity contribution in [3.05, 3.63) is 38.3 Å². The highest BCUT2D eigenvalue weighted by Gasteiger charge is 2.42. The molecule has 1 aromatic rings. The van der Waals surface area contributed by atoms with Crippen LogP contribution in [-0.4, -0.2) is 131 Å². The number of nitro groups is 1. The number of unbranched alkanes of at least 4 members (excludes halogenated alkanes) is 1. The molecule has 2 aliphatic rings. The van der Waals surface area contributed by atoms with Crippen LogP contribution in [0.2, 0.25) is 0 Å². The number of nitrogens with one attached hydrogen (secondary N) is 5. The van der Waals surface area contributed by atoms with Crippen LogP contribution in [0.15, 0.2) is 17.2 Å². The van der Waals surface area contributed by atoms with Gasteiger partial charge in [-0.1, -0.05) is 11.5 Å². The van der Waals surface area contributed by atoms with Gasteiger partial charge in [0.1, 0.15) is 6.10 Å². The highest BCUT2D eigenvalue weighted by Crippen LogP contribution is 2.38. The molecule has 3 rings (SSSR count). The molecular weight excluding hydrogens is 771 g/mol. The molecule has 0 bridgehead atoms. The standard InChI is InChI=1S/C35H55N9O12S/c1-24(56-35(48)39-10-6-11-40-43-36)25-21-28(51-2)29(22-27(25)44(49)50)55-14-5-9-32(46)38-13-16-53-18-20-54-19-17-52-15-12-37-31(45)8-4-3-7-30-33-26(23-57-30)41-34(47)42-33/h21-22,24,26,30,33H,3-20,23H2,1-2H3,(H,37,45)(H,38,46)(H,39,48)(H2,41,42,47)/t24?,26-,30-,33-/m0/s1. The third-order valence-electron chi connectivity index (χ3n) is 8.77. The molecule has 1 unspecified atom stereocenters. The molecule has 2 saturated heterocycles. The number of hydrogen-bond acceptors (Lipinski definition) is 14. The van der Waals surface area contributed by atoms with Gasteiger partial charge >= 0.3 is 12.1 Å². The van der Waals surface area contributed by atoms with Gasteiger partial charge in [0.15, 0.2) is 11.5 Å². The molecule has 5 N–H and O–H groups in total. The monoisotopic (exact) mass is 825 g/mol. The molecule has 318 valence electrons. The number of ether oxygens (including phenoxy) is 6. The van der Waals surface area contributed by atoms with Crippen LogP contribution in [0.25, 0.3) is 10.4 Å². The topological polar surface area (TPSA) is 276 Å². The molecule has 5 amide bonds. The third kappa shape index (κ3) is 17.9. The second-order valence-electron chi connectivity index (χ2n) is 13.0. The van der Waals surface area contributed by atoms with Gasteiger partial charge in [0, 0.05) is 54.9 Å². The van der Waals surface area contributed by atoms with Gasteiger partial charge in [0.05, 0.1) is 82.0 Å². The molecule has 0 radical (unpaired) electrons. The Morgan fingerprint density at radius 1 is 0.930 bits per heavy atom. The Balaban J connectivity index is 1.14. The highest BCUT2D eigenvalue weighted by atomic mass is 32.2. The number of methoxy groups -OCH3 is 1. The number of alkyl carbamates (subject to hydrolysis) is 1. The summed E-state index contributed by atoms with van der Waals surface area (Å²) in [5, 5.41) is 29.6. The predicted octanol–water partition coefficient (Wildman–Crippen LogP) is 3.26. The van der Waals surface area contributed by atoms with E-state index in [0.717, 1.165) is 25.0 Å². The van der Waals surface area contributed by atoms with Gasteiger partial charge in [0.2, 0.25) is 11.8 Å². The normalized spacial score (nSPS) is 17.3. The fourth-order valence-corrected chi connectivity index (χ4v) is 7.45. The van der Waals surface area contributed by atoms with E-state index >= 15 is 0 Å². The fourth-order valence-electron chi connectivity index (χ4n) is 5.90. The third-order valence-corrected chi connectivity index (χ3v) is 10.3. The summed E-state index contributed by atoms with van der Waals surface area (Å²) in [4.78, 5) is 61.7. The quantitative estimate of drug-likeness (QED) is 0.0142. The maximum Gasteiger partial charge on any atom is 0.407 e. The number of nitrogens with zero attached hydrogens (tertiary/aromatic N) is 4. The van der Waals surface area contributed by atoms with Crippen LogP contribution in [0.1, 0.15) is 63.5 Å². The van der Waals surface area contributed by atoms with E-state index in [1.54, 1.807) is 0 Å². The van der Waals surface area contributed by atoms with E-state index in [9.17, 15) is 29.3 Å². The van der Waals surface area contributed by atoms with Crippen LogP contribution in [-0.2, 0) is 28.5 Å². The number of carbonyl (C=O) groups excluding carboxylic acids is 4. The molecule has 57 heavy (non-hydrogen) atoms. The Morgan fingerprint density at radius 2 is 1.60 bits per heavy atom. The van der Waals surface area contributed by atoms with Gasteiger partial charge in [0.25, 0.3) is 5.69 Å². The number of nitro benzene ring substituents is 1. The summed E-state index contributed by atoms with van der Waals surface area (Å²) in [6.07, 6.45) is 2.29. The Kier molecular flexibility index (Phi) is 22.1. The van der Waals surface area contributed by atoms with Crippen molar-refractivity contribution in [1.29, 1.82) is 0 Å². The first kappa shape index (κ1) is 46.6. The first-order valence-corrected chi connectivity index (χ1v) is 20.1. The molecule has 21 nitrogen and oxygen atoms in total. The van der Waals surface area contributed by atoms with E-state index < -0.39 is 17.1 Å². The Bertz CT molecular complexity index is 1500. The molecule has 0 aliphatic carbocycles. The van der Waals surface area contributed by atoms with Gasteiger partial charge in [-0.15, -0.1) is 0 Å². The Morgan fingerprint density at radius 3 is 2.25 bits per heavy atom. The summed E-state index contributed by atoms with van der Waals surface area (Å²) in [6, 6.07) is 2.89. The van der Waals surface area contributed by atoms with Crippen molar-refractivity contribution in [2.45, 2.75) is 75.3 Å². The van der Waals surface area contributed by atoms with Crippen molar-refractivity contribution in [2.24, 2.45) is 5.11 Å². The van der Waals surface area contributed by atoms with Gasteiger partial charge in [-0.3, -0.25) is 19.7 Å². The van der Waals surface area contributed by atoms with Crippen LogP contribution < -0.4 is 36.1 Å². The van der Waals surface area contributed by atoms with Crippen molar-refractivity contribution >= 4 is 41.4 Å². The molecule has 22 heteroatoms. The number of fused-ring (bicyclic) bond motifs is 1. The predicted molar refractivity (Wildman–Crippen MR) is 208 cm³/mol. The van der Waals surface area contributed by atoms with E-state index in [4.69, 9.17) is 34.0 Å². The molecular formula is C35H55N9O12S. The summed E-state index contributed by atoms with van der Waals surface area (Å²) in [5.41, 5.74) is 8.07. The Labute approximate surface area is 335 Å². The van der Waals surface area contributed by atoms with Crippen LogP contribution >= 0.6 is 11.8 Å². The zero-order valence-electron chi connectivity index (χ0n) is 32.5. The Hall–Kier alpha value is -4.76. The largest absolute Gasteiger partial charge is 0.493 e. The number of amides is 5. The average molecular weight is 826 g/mol.